The van der Waals surface area contributed by atoms with Crippen LogP contribution in [0.4, 0.5) is 0 Å². The zero-order chi connectivity index (χ0) is 12.8. The van der Waals surface area contributed by atoms with Crippen LogP contribution in [0.5, 0.6) is 0 Å². The van der Waals surface area contributed by atoms with Crippen LogP contribution in [-0.4, -0.2) is 37.9 Å². The second-order valence-corrected chi connectivity index (χ2v) is 6.01. The van der Waals surface area contributed by atoms with Gasteiger partial charge in [-0.05, 0) is 18.9 Å². The van der Waals surface area contributed by atoms with E-state index >= 15 is 0 Å². The number of rotatable bonds is 3. The normalized spacial score (nSPS) is 15.9. The summed E-state index contributed by atoms with van der Waals surface area (Å²) in [6, 6.07) is 1.57. The Morgan fingerprint density at radius 3 is 2.47 bits per heavy atom. The van der Waals surface area contributed by atoms with E-state index < -0.39 is 10.0 Å². The van der Waals surface area contributed by atoms with Crippen LogP contribution in [-0.2, 0) is 10.0 Å². The summed E-state index contributed by atoms with van der Waals surface area (Å²) in [5, 5.41) is 5.07. The minimum atomic E-state index is -3.76. The summed E-state index contributed by atoms with van der Waals surface area (Å²) in [5.41, 5.74) is 0.376. The number of aromatic nitrogens is 1. The monoisotopic (exact) mass is 257 g/mol. The van der Waals surface area contributed by atoms with E-state index in [0.29, 0.717) is 5.69 Å². The Morgan fingerprint density at radius 2 is 2.06 bits per heavy atom. The van der Waals surface area contributed by atoms with Crippen LogP contribution < -0.4 is 5.14 Å². The smallest absolute Gasteiger partial charge is 0.270 e. The molecule has 1 aromatic rings. The molecule has 6 nitrogen and oxygen atoms in total. The molecule has 1 fully saturated rings. The van der Waals surface area contributed by atoms with Crippen molar-refractivity contribution in [2.75, 3.05) is 14.1 Å². The summed E-state index contributed by atoms with van der Waals surface area (Å²) >= 11 is 0. The molecule has 1 saturated carbocycles. The lowest BCUT2D eigenvalue weighted by molar-refractivity contribution is 0.0817. The Balaban J connectivity index is 2.50. The maximum Gasteiger partial charge on any atom is 0.270 e. The summed E-state index contributed by atoms with van der Waals surface area (Å²) in [6.45, 7) is 0. The molecular formula is C10H15N3O3S. The molecule has 0 unspecified atom stereocenters. The van der Waals surface area contributed by atoms with Crippen molar-refractivity contribution >= 4 is 15.9 Å². The van der Waals surface area contributed by atoms with Crippen LogP contribution in [0.3, 0.4) is 0 Å². The van der Waals surface area contributed by atoms with E-state index in [4.69, 9.17) is 5.14 Å². The first kappa shape index (κ1) is 12.1. The van der Waals surface area contributed by atoms with Crippen LogP contribution in [0.15, 0.2) is 17.2 Å². The molecule has 2 N–H and O–H groups in total. The van der Waals surface area contributed by atoms with Gasteiger partial charge in [0.2, 0.25) is 10.0 Å². The van der Waals surface area contributed by atoms with Gasteiger partial charge in [0.05, 0.1) is 0 Å². The van der Waals surface area contributed by atoms with Crippen molar-refractivity contribution in [3.63, 3.8) is 0 Å². The van der Waals surface area contributed by atoms with Gasteiger partial charge in [-0.25, -0.2) is 13.6 Å². The van der Waals surface area contributed by atoms with Gasteiger partial charge in [0, 0.05) is 26.3 Å². The third-order valence-corrected chi connectivity index (χ3v) is 3.60. The predicted molar refractivity (Wildman–Crippen MR) is 62.1 cm³/mol. The van der Waals surface area contributed by atoms with Crippen molar-refractivity contribution in [2.24, 2.45) is 5.14 Å². The molecule has 1 aromatic heterocycles. The van der Waals surface area contributed by atoms with Crippen LogP contribution in [0.2, 0.25) is 0 Å². The molecule has 94 valence electrons. The van der Waals surface area contributed by atoms with E-state index in [2.05, 4.69) is 0 Å². The van der Waals surface area contributed by atoms with Gasteiger partial charge in [0.25, 0.3) is 5.91 Å². The molecule has 2 rings (SSSR count). The maximum atomic E-state index is 11.9. The Hall–Kier alpha value is -1.34. The summed E-state index contributed by atoms with van der Waals surface area (Å²) in [6.07, 6.45) is 3.38. The topological polar surface area (TPSA) is 85.4 Å². The highest BCUT2D eigenvalue weighted by Crippen LogP contribution is 2.37. The Bertz CT molecular complexity index is 555. The molecule has 1 heterocycles. The summed E-state index contributed by atoms with van der Waals surface area (Å²) in [5.74, 6) is -0.216. The molecule has 0 aromatic carbocycles. The van der Waals surface area contributed by atoms with E-state index in [0.717, 1.165) is 12.8 Å². The molecule has 0 spiro atoms. The number of amides is 1. The van der Waals surface area contributed by atoms with Gasteiger partial charge in [-0.2, -0.15) is 0 Å². The molecule has 0 radical (unpaired) electrons. The molecule has 17 heavy (non-hydrogen) atoms. The second-order valence-electron chi connectivity index (χ2n) is 4.44. The highest BCUT2D eigenvalue weighted by Gasteiger charge is 2.30. The van der Waals surface area contributed by atoms with Gasteiger partial charge in [0.1, 0.15) is 10.6 Å². The van der Waals surface area contributed by atoms with E-state index in [-0.39, 0.29) is 16.8 Å². The highest BCUT2D eigenvalue weighted by molar-refractivity contribution is 7.89. The number of hydrogen-bond donors (Lipinski definition) is 1. The summed E-state index contributed by atoms with van der Waals surface area (Å²) in [4.78, 5) is 13.3. The van der Waals surface area contributed by atoms with Crippen molar-refractivity contribution in [3.8, 4) is 0 Å². The predicted octanol–water partition coefficient (Wildman–Crippen LogP) is 0.172. The van der Waals surface area contributed by atoms with Gasteiger partial charge in [0.15, 0.2) is 0 Å². The van der Waals surface area contributed by atoms with Crippen LogP contribution in [0.1, 0.15) is 29.4 Å². The molecular weight excluding hydrogens is 242 g/mol. The molecule has 0 saturated heterocycles. The number of hydrogen-bond acceptors (Lipinski definition) is 3. The van der Waals surface area contributed by atoms with Crippen LogP contribution >= 0.6 is 0 Å². The first-order valence-corrected chi connectivity index (χ1v) is 6.81. The molecule has 1 amide bonds. The molecule has 0 aliphatic heterocycles. The van der Waals surface area contributed by atoms with E-state index in [1.807, 2.05) is 0 Å². The summed E-state index contributed by atoms with van der Waals surface area (Å²) < 4.78 is 24.3. The van der Waals surface area contributed by atoms with E-state index in [9.17, 15) is 13.2 Å². The lowest BCUT2D eigenvalue weighted by Crippen LogP contribution is -2.24. The Kier molecular flexibility index (Phi) is 2.75. The number of primary sulfonamides is 1. The van der Waals surface area contributed by atoms with Crippen molar-refractivity contribution in [1.29, 1.82) is 0 Å². The largest absolute Gasteiger partial charge is 0.343 e. The molecule has 0 atom stereocenters. The lowest BCUT2D eigenvalue weighted by atomic mass is 10.4. The number of nitrogens with two attached hydrogens (primary N) is 1. The average Bonchev–Trinajstić information content (AvgIpc) is 2.94. The van der Waals surface area contributed by atoms with E-state index in [1.165, 1.54) is 17.2 Å². The maximum absolute atomic E-state index is 11.9. The molecule has 0 bridgehead atoms. The average molecular weight is 257 g/mol. The highest BCUT2D eigenvalue weighted by atomic mass is 32.2. The fraction of sp³-hybridized carbons (Fsp3) is 0.500. The zero-order valence-corrected chi connectivity index (χ0v) is 10.6. The standard InChI is InChI=1S/C10H15N3O3S/c1-12(2)10(14)9-5-8(17(11,15)16)6-13(9)7-3-4-7/h5-7H,3-4H2,1-2H3,(H2,11,15,16). The van der Waals surface area contributed by atoms with Crippen molar-refractivity contribution in [2.45, 2.75) is 23.8 Å². The molecule has 7 heteroatoms. The van der Waals surface area contributed by atoms with Gasteiger partial charge in [-0.3, -0.25) is 4.79 Å². The van der Waals surface area contributed by atoms with E-state index in [1.54, 1.807) is 18.7 Å². The minimum Gasteiger partial charge on any atom is -0.343 e. The van der Waals surface area contributed by atoms with Gasteiger partial charge >= 0.3 is 0 Å². The number of sulfonamides is 1. The first-order valence-electron chi connectivity index (χ1n) is 5.27. The third kappa shape index (κ3) is 2.34. The van der Waals surface area contributed by atoms with Gasteiger partial charge < -0.3 is 9.47 Å². The van der Waals surface area contributed by atoms with Gasteiger partial charge in [-0.15, -0.1) is 0 Å². The third-order valence-electron chi connectivity index (χ3n) is 2.72. The van der Waals surface area contributed by atoms with Gasteiger partial charge in [-0.1, -0.05) is 0 Å². The number of carbonyl (C=O) groups is 1. The van der Waals surface area contributed by atoms with Crippen LogP contribution in [0.25, 0.3) is 0 Å². The number of nitrogens with zero attached hydrogens (tertiary/aromatic N) is 2. The number of carbonyl (C=O) groups excluding carboxylic acids is 1. The molecule has 1 aliphatic rings. The zero-order valence-electron chi connectivity index (χ0n) is 9.75. The fourth-order valence-corrected chi connectivity index (χ4v) is 2.20. The van der Waals surface area contributed by atoms with Crippen molar-refractivity contribution in [3.05, 3.63) is 18.0 Å². The fourth-order valence-electron chi connectivity index (χ4n) is 1.66. The first-order chi connectivity index (χ1) is 7.80. The van der Waals surface area contributed by atoms with Crippen LogP contribution in [0, 0.1) is 0 Å². The molecule has 1 aliphatic carbocycles. The quantitative estimate of drug-likeness (QED) is 0.837. The van der Waals surface area contributed by atoms with Crippen molar-refractivity contribution in [1.82, 2.24) is 9.47 Å². The lowest BCUT2D eigenvalue weighted by Gasteiger charge is -2.12. The SMILES string of the molecule is CN(C)C(=O)c1cc(S(N)(=O)=O)cn1C1CC1. The summed E-state index contributed by atoms with van der Waals surface area (Å²) in [7, 11) is -0.505. The Morgan fingerprint density at radius 1 is 1.47 bits per heavy atom. The van der Waals surface area contributed by atoms with Crippen molar-refractivity contribution < 1.29 is 13.2 Å². The second kappa shape index (κ2) is 3.85. The Labute approximate surface area is 100 Å². The minimum absolute atomic E-state index is 0.00500.